The lowest BCUT2D eigenvalue weighted by Crippen LogP contribution is -2.29. The van der Waals surface area contributed by atoms with Gasteiger partial charge in [0.2, 0.25) is 5.91 Å². The summed E-state index contributed by atoms with van der Waals surface area (Å²) in [7, 11) is 0. The standard InChI is InChI=1S/C28H19N5OS.C24H16N6O2S2.C24H19N5OS.C23H19N5O2S/c34-27-24-26(30-14-13-29-24)32-28(35-16-18-15-17-7-1-6-12-23(17)31-18)33(27)25-21-10-4-2-8-19(21)20-9-3-5-11-22(20)25;31-18(28-23-27-11-12-33-23)13-34-24-29-21-19(25-9-10-26-21)22(32)30(24)20-16-7-3-1-5-14(16)15-6-2-4-8-17(15)20;30-23-21-22(26-11-10-25-21)28-24(29(23)20-13-18(20)15-6-2-1-3-7-15)31-14-17-12-16-8-4-5-9-19(16)27-17;29-18-7-5-15(6-8-18)9-12-28-22(30)20-21(25-11-10-24-20)27-23(28)31-14-17-13-16-3-1-2-4-19(16)26-17/h1-14,25H,15-16H2;1-12,20H,13H2,(H,27,28,31);1-11,18,20H,12-14H2;1-8,10-11,29H,9,12-14H2. The van der Waals surface area contributed by atoms with Crippen molar-refractivity contribution in [3.8, 4) is 28.0 Å². The Hall–Kier alpha value is -14.8. The highest BCUT2D eigenvalue weighted by Crippen LogP contribution is 2.53. The third-order valence-corrected chi connectivity index (χ3v) is 27.9. The highest BCUT2D eigenvalue weighted by Gasteiger charge is 2.43. The first-order chi connectivity index (χ1) is 64.4. The molecule has 131 heavy (non-hydrogen) atoms. The Morgan fingerprint density at radius 3 is 1.20 bits per heavy atom. The number of hydrogen-bond donors (Lipinski definition) is 2. The fourth-order valence-corrected chi connectivity index (χ4v) is 21.3. The number of nitrogens with one attached hydrogen (secondary N) is 1. The van der Waals surface area contributed by atoms with Crippen LogP contribution in [-0.4, -0.2) is 134 Å². The summed E-state index contributed by atoms with van der Waals surface area (Å²) >= 11 is 7.13. The van der Waals surface area contributed by atoms with Gasteiger partial charge in [0, 0.05) is 133 Å². The molecule has 32 heteroatoms. The molecule has 18 aromatic rings. The summed E-state index contributed by atoms with van der Waals surface area (Å²) in [6, 6.07) is 73.9. The number of benzene rings is 9. The van der Waals surface area contributed by atoms with Crippen molar-refractivity contribution < 1.29 is 9.90 Å². The lowest BCUT2D eigenvalue weighted by Gasteiger charge is -2.20. The molecule has 9 aromatic carbocycles. The van der Waals surface area contributed by atoms with Gasteiger partial charge in [0.05, 0.1) is 34.9 Å². The van der Waals surface area contributed by atoms with Crippen LogP contribution in [0, 0.1) is 0 Å². The number of fused-ring (bicyclic) bond motifs is 13. The van der Waals surface area contributed by atoms with Gasteiger partial charge in [0.15, 0.2) is 70.4 Å². The molecule has 0 spiro atoms. The molecule has 1 saturated carbocycles. The first-order valence-corrected chi connectivity index (χ1v) is 47.0. The minimum Gasteiger partial charge on any atom is -0.508 e. The first kappa shape index (κ1) is 83.1. The molecule has 3 aliphatic carbocycles. The van der Waals surface area contributed by atoms with Crippen molar-refractivity contribution in [3.05, 3.63) is 377 Å². The number of hydrogen-bond acceptors (Lipinski definition) is 27. The van der Waals surface area contributed by atoms with Gasteiger partial charge in [0.1, 0.15) is 5.75 Å². The number of thioether (sulfide) groups is 4. The molecule has 640 valence electrons. The van der Waals surface area contributed by atoms with E-state index in [1.165, 1.54) is 87.5 Å². The lowest BCUT2D eigenvalue weighted by molar-refractivity contribution is -0.113. The molecule has 1 amide bonds. The van der Waals surface area contributed by atoms with Gasteiger partial charge in [-0.2, -0.15) is 0 Å². The summed E-state index contributed by atoms with van der Waals surface area (Å²) in [5, 5.41) is 16.9. The highest BCUT2D eigenvalue weighted by atomic mass is 32.2. The van der Waals surface area contributed by atoms with Crippen LogP contribution in [0.4, 0.5) is 22.2 Å². The van der Waals surface area contributed by atoms with Crippen LogP contribution in [0.1, 0.15) is 80.5 Å². The maximum Gasteiger partial charge on any atom is 0.283 e. The SMILES string of the molecule is O=C(CSc1nc2nccnc2c(=O)n1C1c2ccccc2-c2ccccc21)Nc1nccs1.O=c1c2nccnc2nc(SCC2=Nc3ccccc3C2)n1C1CC1c1ccccc1.O=c1c2nccnc2nc(SCC2=Nc3ccccc3C2)n1C1c2ccccc2-c2ccccc21.O=c1c2nccnc2nc(SCC2=Nc3ccccc3C2)n1CCc1ccc(O)cc1. The molecule has 12 heterocycles. The van der Waals surface area contributed by atoms with Crippen LogP contribution in [0.15, 0.2) is 340 Å². The Balaban J connectivity index is 0.000000106. The largest absolute Gasteiger partial charge is 0.508 e. The van der Waals surface area contributed by atoms with Crippen LogP contribution >= 0.6 is 58.4 Å². The fourth-order valence-electron chi connectivity index (χ4n) is 17.1. The van der Waals surface area contributed by atoms with Gasteiger partial charge in [-0.15, -0.1) is 11.3 Å². The number of phenolic OH excluding ortho intramolecular Hbond substituents is 1. The molecular formula is C99H73N21O6S5. The summed E-state index contributed by atoms with van der Waals surface area (Å²) in [6.07, 6.45) is 18.0. The topological polar surface area (TPSA) is 342 Å². The third-order valence-electron chi connectivity index (χ3n) is 23.2. The number of phenols is 1. The first-order valence-electron chi connectivity index (χ1n) is 42.2. The molecule has 1 fully saturated rings. The monoisotopic (exact) mass is 1810 g/mol. The molecule has 2 atom stereocenters. The molecule has 0 saturated heterocycles. The van der Waals surface area contributed by atoms with Gasteiger partial charge >= 0.3 is 0 Å². The Morgan fingerprint density at radius 1 is 0.389 bits per heavy atom. The van der Waals surface area contributed by atoms with E-state index in [0.717, 1.165) is 110 Å². The molecule has 0 radical (unpaired) electrons. The number of amides is 1. The normalized spacial score (nSPS) is 14.5. The molecule has 2 unspecified atom stereocenters. The van der Waals surface area contributed by atoms with Crippen LogP contribution < -0.4 is 27.6 Å². The Morgan fingerprint density at radius 2 is 0.763 bits per heavy atom. The van der Waals surface area contributed by atoms with E-state index < -0.39 is 0 Å². The van der Waals surface area contributed by atoms with Crippen molar-refractivity contribution >= 4 is 148 Å². The Labute approximate surface area is 767 Å². The van der Waals surface area contributed by atoms with Crippen molar-refractivity contribution in [1.29, 1.82) is 0 Å². The number of carbonyl (C=O) groups excluding carboxylic acids is 1. The number of aromatic nitrogens is 17. The molecule has 27 nitrogen and oxygen atoms in total. The number of nitrogens with zero attached hydrogens (tertiary/aromatic N) is 20. The number of carbonyl (C=O) groups is 1. The predicted molar refractivity (Wildman–Crippen MR) is 515 cm³/mol. The number of thiazole rings is 1. The third kappa shape index (κ3) is 17.0. The van der Waals surface area contributed by atoms with Crippen LogP contribution in [0.5, 0.6) is 5.75 Å². The maximum absolute atomic E-state index is 13.9. The average Bonchev–Trinajstić information content (AvgIpc) is 1.59. The molecular weight excluding hydrogens is 1740 g/mol. The summed E-state index contributed by atoms with van der Waals surface area (Å²) in [4.78, 5) is 138. The second kappa shape index (κ2) is 36.7. The average molecular weight is 1810 g/mol. The van der Waals surface area contributed by atoms with Gasteiger partial charge in [-0.1, -0.05) is 241 Å². The zero-order valence-corrected chi connectivity index (χ0v) is 73.6. The Kier molecular flexibility index (Phi) is 23.3. The van der Waals surface area contributed by atoms with Crippen LogP contribution in [0.25, 0.3) is 66.9 Å². The smallest absolute Gasteiger partial charge is 0.283 e. The predicted octanol–water partition coefficient (Wildman–Crippen LogP) is 17.1. The van der Waals surface area contributed by atoms with E-state index in [1.54, 1.807) is 80.2 Å². The van der Waals surface area contributed by atoms with Gasteiger partial charge in [0.25, 0.3) is 22.2 Å². The van der Waals surface area contributed by atoms with Crippen molar-refractivity contribution in [3.63, 3.8) is 0 Å². The van der Waals surface area contributed by atoms with E-state index >= 15 is 0 Å². The summed E-state index contributed by atoms with van der Waals surface area (Å²) < 4.78 is 6.94. The second-order valence-corrected chi connectivity index (χ2v) is 36.0. The second-order valence-electron chi connectivity index (χ2n) is 31.4. The van der Waals surface area contributed by atoms with Crippen LogP contribution in [0.2, 0.25) is 0 Å². The van der Waals surface area contributed by atoms with Crippen molar-refractivity contribution in [2.24, 2.45) is 15.0 Å². The molecule has 3 aliphatic heterocycles. The van der Waals surface area contributed by atoms with Crippen LogP contribution in [0.3, 0.4) is 0 Å². The zero-order chi connectivity index (χ0) is 88.4. The molecule has 0 bridgehead atoms. The number of aryl methyl sites for hydroxylation is 1. The van der Waals surface area contributed by atoms with E-state index in [-0.39, 0.29) is 80.0 Å². The quantitative estimate of drug-likeness (QED) is 0.0529. The lowest BCUT2D eigenvalue weighted by atomic mass is 10.1. The number of anilines is 1. The van der Waals surface area contributed by atoms with Crippen LogP contribution in [-0.2, 0) is 37.0 Å². The van der Waals surface area contributed by atoms with E-state index in [4.69, 9.17) is 24.9 Å². The van der Waals surface area contributed by atoms with E-state index in [0.29, 0.717) is 84.4 Å². The van der Waals surface area contributed by atoms with E-state index in [9.17, 15) is 29.1 Å². The minimum atomic E-state index is -0.386. The maximum atomic E-state index is 13.9. The fraction of sp³-hybridized carbons (Fsp3) is 0.141. The van der Waals surface area contributed by atoms with Crippen molar-refractivity contribution in [2.75, 3.05) is 28.3 Å². The van der Waals surface area contributed by atoms with Gasteiger partial charge in [-0.3, -0.25) is 57.2 Å². The minimum absolute atomic E-state index is 0.0633. The summed E-state index contributed by atoms with van der Waals surface area (Å²) in [5.74, 6) is 2.35. The number of aliphatic imine (C=N–C) groups is 3. The van der Waals surface area contributed by atoms with Gasteiger partial charge < -0.3 is 10.4 Å². The zero-order valence-electron chi connectivity index (χ0n) is 69.5. The van der Waals surface area contributed by atoms with E-state index in [1.807, 2.05) is 150 Å². The van der Waals surface area contributed by atoms with Gasteiger partial charge in [-0.05, 0) is 115 Å². The molecule has 24 rings (SSSR count). The summed E-state index contributed by atoms with van der Waals surface area (Å²) in [6.45, 7) is 0.457. The number of para-hydroxylation sites is 3. The molecule has 6 aliphatic rings. The van der Waals surface area contributed by atoms with Gasteiger partial charge in [-0.25, -0.2) is 64.8 Å². The van der Waals surface area contributed by atoms with E-state index in [2.05, 4.69) is 127 Å². The number of rotatable bonds is 20. The highest BCUT2D eigenvalue weighted by molar-refractivity contribution is 8.00. The van der Waals surface area contributed by atoms with Crippen molar-refractivity contribution in [1.82, 2.24) is 83.1 Å². The Bertz CT molecular complexity index is 7800. The molecule has 9 aromatic heterocycles. The molecule has 2 N–H and O–H groups in total. The summed E-state index contributed by atoms with van der Waals surface area (Å²) in [5.41, 5.74) is 22.6. The number of aromatic hydroxyl groups is 1. The van der Waals surface area contributed by atoms with Crippen molar-refractivity contribution in [2.45, 2.75) is 83.3 Å².